The lowest BCUT2D eigenvalue weighted by Gasteiger charge is -2.38. The topological polar surface area (TPSA) is 18.5 Å². The van der Waals surface area contributed by atoms with Crippen molar-refractivity contribution in [2.45, 2.75) is 45.0 Å². The van der Waals surface area contributed by atoms with Crippen LogP contribution < -0.4 is 8.85 Å². The summed E-state index contributed by atoms with van der Waals surface area (Å²) in [5, 5.41) is 0. The Morgan fingerprint density at radius 1 is 0.885 bits per heavy atom. The van der Waals surface area contributed by atoms with Crippen molar-refractivity contribution in [2.24, 2.45) is 0 Å². The van der Waals surface area contributed by atoms with Crippen molar-refractivity contribution in [2.75, 3.05) is 0 Å². The number of alkyl halides is 3. The van der Waals surface area contributed by atoms with Crippen LogP contribution in [-0.4, -0.2) is 8.56 Å². The van der Waals surface area contributed by atoms with Crippen LogP contribution in [0, 0.1) is 0 Å². The Labute approximate surface area is 161 Å². The Morgan fingerprint density at radius 2 is 1.50 bits per heavy atom. The Morgan fingerprint density at radius 3 is 2.04 bits per heavy atom. The first-order valence-electron chi connectivity index (χ1n) is 8.36. The Balaban J connectivity index is 2.44. The largest absolute Gasteiger partial charge is 0.512 e. The van der Waals surface area contributed by atoms with Crippen molar-refractivity contribution in [3.05, 3.63) is 58.6 Å². The molecule has 0 N–H and O–H groups in total. The fraction of sp³-hybridized carbons (Fsp3) is 0.368. The third kappa shape index (κ3) is 4.62. The molecule has 0 saturated carbocycles. The van der Waals surface area contributed by atoms with Gasteiger partial charge in [0.25, 0.3) is 0 Å². The monoisotopic (exact) mass is 446 g/mol. The van der Waals surface area contributed by atoms with Crippen LogP contribution in [-0.2, 0) is 6.18 Å². The summed E-state index contributed by atoms with van der Waals surface area (Å²) in [4.78, 5) is 0. The molecule has 0 spiro atoms. The molecule has 142 valence electrons. The van der Waals surface area contributed by atoms with E-state index in [1.807, 2.05) is 52.0 Å². The second-order valence-electron chi connectivity index (χ2n) is 6.69. The molecule has 0 aliphatic carbocycles. The highest BCUT2D eigenvalue weighted by molar-refractivity contribution is 9.10. The van der Waals surface area contributed by atoms with Gasteiger partial charge in [-0.2, -0.15) is 13.2 Å². The van der Waals surface area contributed by atoms with Gasteiger partial charge in [-0.15, -0.1) is 0 Å². The molecule has 0 radical (unpaired) electrons. The molecule has 26 heavy (non-hydrogen) atoms. The molecule has 2 rings (SSSR count). The molecule has 0 aliphatic rings. The summed E-state index contributed by atoms with van der Waals surface area (Å²) < 4.78 is 52.5. The fourth-order valence-electron chi connectivity index (χ4n) is 2.78. The number of para-hydroxylation sites is 1. The molecule has 0 bridgehead atoms. The van der Waals surface area contributed by atoms with Crippen molar-refractivity contribution < 1.29 is 22.0 Å². The molecule has 0 saturated heterocycles. The van der Waals surface area contributed by atoms with E-state index >= 15 is 0 Å². The first kappa shape index (κ1) is 20.8. The molecule has 0 amide bonds. The van der Waals surface area contributed by atoms with E-state index in [1.54, 1.807) is 6.07 Å². The second-order valence-corrected chi connectivity index (χ2v) is 11.7. The van der Waals surface area contributed by atoms with Crippen molar-refractivity contribution in [3.8, 4) is 11.5 Å². The quantitative estimate of drug-likeness (QED) is 0.437. The highest BCUT2D eigenvalue weighted by Crippen LogP contribution is 2.40. The summed E-state index contributed by atoms with van der Waals surface area (Å²) >= 11 is 3.46. The molecule has 2 aromatic rings. The van der Waals surface area contributed by atoms with Crippen LogP contribution in [0.25, 0.3) is 0 Å². The number of rotatable bonds is 6. The lowest BCUT2D eigenvalue weighted by atomic mass is 10.2. The van der Waals surface area contributed by atoms with Crippen molar-refractivity contribution in [1.82, 2.24) is 0 Å². The number of halogens is 4. The van der Waals surface area contributed by atoms with Gasteiger partial charge in [0.15, 0.2) is 0 Å². The van der Waals surface area contributed by atoms with E-state index in [2.05, 4.69) is 15.9 Å². The van der Waals surface area contributed by atoms with E-state index in [4.69, 9.17) is 8.85 Å². The highest BCUT2D eigenvalue weighted by Gasteiger charge is 2.50. The van der Waals surface area contributed by atoms with Crippen LogP contribution in [0.2, 0.25) is 11.1 Å². The third-order valence-electron chi connectivity index (χ3n) is 4.15. The van der Waals surface area contributed by atoms with Crippen LogP contribution in [0.15, 0.2) is 53.0 Å². The second kappa shape index (κ2) is 8.04. The average molecular weight is 447 g/mol. The van der Waals surface area contributed by atoms with Crippen LogP contribution in [0.5, 0.6) is 11.5 Å². The van der Waals surface area contributed by atoms with Crippen molar-refractivity contribution >= 4 is 24.5 Å². The normalized spacial score (nSPS) is 12.5. The van der Waals surface area contributed by atoms with Gasteiger partial charge >= 0.3 is 14.7 Å². The van der Waals surface area contributed by atoms with Gasteiger partial charge in [0.1, 0.15) is 11.5 Å². The summed E-state index contributed by atoms with van der Waals surface area (Å²) in [6, 6.07) is 12.4. The summed E-state index contributed by atoms with van der Waals surface area (Å²) in [5.74, 6) is 0.814. The van der Waals surface area contributed by atoms with Crippen LogP contribution in [0.4, 0.5) is 13.2 Å². The smallest absolute Gasteiger partial charge is 0.465 e. The maximum atomic E-state index is 13.0. The zero-order valence-corrected chi connectivity index (χ0v) is 17.7. The first-order valence-corrected chi connectivity index (χ1v) is 11.1. The third-order valence-corrected chi connectivity index (χ3v) is 9.12. The highest BCUT2D eigenvalue weighted by atomic mass is 79.9. The average Bonchev–Trinajstić information content (AvgIpc) is 2.55. The Hall–Kier alpha value is -1.47. The SMILES string of the molecule is CC(C)[Si](Oc1cccc(C(F)(F)F)c1)(Oc1ccccc1Br)C(C)C. The predicted molar refractivity (Wildman–Crippen MR) is 103 cm³/mol. The lowest BCUT2D eigenvalue weighted by molar-refractivity contribution is -0.137. The van der Waals surface area contributed by atoms with Gasteiger partial charge in [0, 0.05) is 11.1 Å². The molecule has 0 aliphatic heterocycles. The minimum Gasteiger partial charge on any atom is -0.512 e. The molecular formula is C19H22BrF3O2Si. The zero-order chi connectivity index (χ0) is 19.5. The summed E-state index contributed by atoms with van der Waals surface area (Å²) in [7, 11) is -2.94. The molecular weight excluding hydrogens is 425 g/mol. The van der Waals surface area contributed by atoms with E-state index in [-0.39, 0.29) is 16.8 Å². The molecule has 0 atom stereocenters. The summed E-state index contributed by atoms with van der Waals surface area (Å²) in [6.07, 6.45) is -4.41. The molecule has 2 nitrogen and oxygen atoms in total. The van der Waals surface area contributed by atoms with E-state index in [0.717, 1.165) is 16.6 Å². The van der Waals surface area contributed by atoms with Crippen molar-refractivity contribution in [1.29, 1.82) is 0 Å². The van der Waals surface area contributed by atoms with Crippen LogP contribution in [0.3, 0.4) is 0 Å². The van der Waals surface area contributed by atoms with E-state index in [0.29, 0.717) is 5.75 Å². The summed E-state index contributed by atoms with van der Waals surface area (Å²) in [6.45, 7) is 7.93. The van der Waals surface area contributed by atoms with E-state index in [1.165, 1.54) is 6.07 Å². The van der Waals surface area contributed by atoms with Gasteiger partial charge in [-0.1, -0.05) is 45.9 Å². The molecule has 2 aromatic carbocycles. The van der Waals surface area contributed by atoms with E-state index in [9.17, 15) is 13.2 Å². The maximum Gasteiger partial charge on any atom is 0.465 e. The Bertz CT molecular complexity index is 740. The molecule has 0 aromatic heterocycles. The van der Waals surface area contributed by atoms with Gasteiger partial charge in [0.05, 0.1) is 10.0 Å². The predicted octanol–water partition coefficient (Wildman–Crippen LogP) is 7.19. The zero-order valence-electron chi connectivity index (χ0n) is 15.1. The Kier molecular flexibility index (Phi) is 6.45. The van der Waals surface area contributed by atoms with Gasteiger partial charge in [0.2, 0.25) is 0 Å². The minimum absolute atomic E-state index is 0.0177. The number of hydrogen-bond donors (Lipinski definition) is 0. The van der Waals surface area contributed by atoms with Gasteiger partial charge in [-0.25, -0.2) is 0 Å². The first-order chi connectivity index (χ1) is 12.1. The van der Waals surface area contributed by atoms with Crippen molar-refractivity contribution in [3.63, 3.8) is 0 Å². The minimum atomic E-state index is -4.41. The van der Waals surface area contributed by atoms with Crippen LogP contribution >= 0.6 is 15.9 Å². The molecule has 7 heteroatoms. The molecule has 0 fully saturated rings. The van der Waals surface area contributed by atoms with Gasteiger partial charge in [-0.3, -0.25) is 0 Å². The standard InChI is InChI=1S/C19H22BrF3O2Si/c1-13(2)26(14(3)4,25-18-11-6-5-10-17(18)20)24-16-9-7-8-15(12-16)19(21,22)23/h5-14H,1-4H3. The van der Waals surface area contributed by atoms with E-state index < -0.39 is 20.3 Å². The summed E-state index contributed by atoms with van der Waals surface area (Å²) in [5.41, 5.74) is -0.695. The lowest BCUT2D eigenvalue weighted by Crippen LogP contribution is -2.54. The molecule has 0 heterocycles. The molecule has 0 unspecified atom stereocenters. The number of hydrogen-bond acceptors (Lipinski definition) is 2. The fourth-order valence-corrected chi connectivity index (χ4v) is 6.63. The van der Waals surface area contributed by atoms with Gasteiger partial charge < -0.3 is 8.85 Å². The maximum absolute atomic E-state index is 13.0. The number of benzene rings is 2. The van der Waals surface area contributed by atoms with Gasteiger partial charge in [-0.05, 0) is 46.3 Å². The van der Waals surface area contributed by atoms with Crippen LogP contribution in [0.1, 0.15) is 33.3 Å².